The Kier molecular flexibility index (Phi) is 6.90. The van der Waals surface area contributed by atoms with Gasteiger partial charge in [-0.05, 0) is 35.4 Å². The van der Waals surface area contributed by atoms with E-state index in [4.69, 9.17) is 28.9 Å². The minimum absolute atomic E-state index is 0.377. The fraction of sp³-hybridized carbons (Fsp3) is 0.231. The number of hydrogen-bond acceptors (Lipinski definition) is 7. The van der Waals surface area contributed by atoms with Crippen molar-refractivity contribution in [2.75, 3.05) is 33.8 Å². The Morgan fingerprint density at radius 1 is 0.788 bits per heavy atom. The molecule has 3 aromatic carbocycles. The van der Waals surface area contributed by atoms with E-state index < -0.39 is 0 Å². The Balaban J connectivity index is 1.71. The number of nitrogens with one attached hydrogen (secondary N) is 1. The number of aromatic nitrogens is 2. The number of para-hydroxylation sites is 1. The first-order valence-corrected chi connectivity index (χ1v) is 10.6. The number of methoxy groups -OCH3 is 4. The normalized spacial score (nSPS) is 11.8. The molecule has 0 saturated heterocycles. The fourth-order valence-corrected chi connectivity index (χ4v) is 3.79. The third-order valence-corrected chi connectivity index (χ3v) is 5.38. The highest BCUT2D eigenvalue weighted by atomic mass is 16.5. The molecular formula is C26H27N3O4. The van der Waals surface area contributed by atoms with Crippen molar-refractivity contribution >= 4 is 16.7 Å². The van der Waals surface area contributed by atoms with Crippen LogP contribution in [0, 0.1) is 0 Å². The number of ether oxygens (including phenoxy) is 4. The molecular weight excluding hydrogens is 418 g/mol. The quantitative estimate of drug-likeness (QED) is 0.388. The Labute approximate surface area is 193 Å². The Morgan fingerprint density at radius 2 is 1.45 bits per heavy atom. The van der Waals surface area contributed by atoms with Crippen molar-refractivity contribution in [2.45, 2.75) is 12.6 Å². The van der Waals surface area contributed by atoms with Crippen molar-refractivity contribution < 1.29 is 18.9 Å². The zero-order valence-electron chi connectivity index (χ0n) is 19.2. The summed E-state index contributed by atoms with van der Waals surface area (Å²) in [6.07, 6.45) is -0.377. The van der Waals surface area contributed by atoms with Gasteiger partial charge < -0.3 is 24.3 Å². The summed E-state index contributed by atoms with van der Waals surface area (Å²) in [5.74, 6) is 3.08. The van der Waals surface area contributed by atoms with Crippen molar-refractivity contribution in [3.63, 3.8) is 0 Å². The molecule has 4 aromatic rings. The lowest BCUT2D eigenvalue weighted by molar-refractivity contribution is 0.129. The van der Waals surface area contributed by atoms with Crippen LogP contribution in [0.2, 0.25) is 0 Å². The predicted molar refractivity (Wildman–Crippen MR) is 128 cm³/mol. The Bertz CT molecular complexity index is 1210. The van der Waals surface area contributed by atoms with Gasteiger partial charge in [0, 0.05) is 19.0 Å². The van der Waals surface area contributed by atoms with Gasteiger partial charge in [-0.3, -0.25) is 0 Å². The number of hydrogen-bond donors (Lipinski definition) is 1. The molecule has 1 heterocycles. The Hall–Kier alpha value is -3.84. The van der Waals surface area contributed by atoms with E-state index in [1.807, 2.05) is 66.7 Å². The van der Waals surface area contributed by atoms with Crippen molar-refractivity contribution in [1.29, 1.82) is 0 Å². The maximum Gasteiger partial charge on any atom is 0.203 e. The van der Waals surface area contributed by atoms with Crippen molar-refractivity contribution in [3.8, 4) is 17.2 Å². The molecule has 170 valence electrons. The van der Waals surface area contributed by atoms with Crippen LogP contribution < -0.4 is 19.5 Å². The molecule has 7 nitrogen and oxygen atoms in total. The van der Waals surface area contributed by atoms with Crippen LogP contribution in [0.4, 0.5) is 5.82 Å². The molecule has 4 rings (SSSR count). The van der Waals surface area contributed by atoms with Gasteiger partial charge in [-0.25, -0.2) is 9.97 Å². The molecule has 0 aliphatic rings. The zero-order chi connectivity index (χ0) is 23.2. The molecule has 1 atom stereocenters. The number of fused-ring (bicyclic) bond motifs is 1. The van der Waals surface area contributed by atoms with Crippen molar-refractivity contribution in [3.05, 3.63) is 83.7 Å². The highest BCUT2D eigenvalue weighted by Gasteiger charge is 2.19. The lowest BCUT2D eigenvalue weighted by Gasteiger charge is -2.18. The molecule has 7 heteroatoms. The summed E-state index contributed by atoms with van der Waals surface area (Å²) in [5, 5.41) is 4.38. The van der Waals surface area contributed by atoms with Crippen molar-refractivity contribution in [2.24, 2.45) is 0 Å². The van der Waals surface area contributed by atoms with E-state index in [9.17, 15) is 0 Å². The minimum Gasteiger partial charge on any atom is -0.493 e. The maximum atomic E-state index is 5.78. The molecule has 0 aliphatic carbocycles. The van der Waals surface area contributed by atoms with Gasteiger partial charge >= 0.3 is 0 Å². The second-order valence-electron chi connectivity index (χ2n) is 7.36. The van der Waals surface area contributed by atoms with Gasteiger partial charge in [0.1, 0.15) is 11.9 Å². The smallest absolute Gasteiger partial charge is 0.203 e. The lowest BCUT2D eigenvalue weighted by atomic mass is 10.1. The SMILES string of the molecule is COc1cc(CNc2nc(C(OC)c3ccccc3)nc3ccccc23)cc(OC)c1OC. The molecule has 0 radical (unpaired) electrons. The summed E-state index contributed by atoms with van der Waals surface area (Å²) in [4.78, 5) is 9.63. The maximum absolute atomic E-state index is 5.78. The first kappa shape index (κ1) is 22.4. The van der Waals surface area contributed by atoms with E-state index >= 15 is 0 Å². The highest BCUT2D eigenvalue weighted by Crippen LogP contribution is 2.38. The van der Waals surface area contributed by atoms with Gasteiger partial charge in [0.15, 0.2) is 17.3 Å². The summed E-state index contributed by atoms with van der Waals surface area (Å²) in [6, 6.07) is 21.7. The second-order valence-corrected chi connectivity index (χ2v) is 7.36. The van der Waals surface area contributed by atoms with Crippen LogP contribution in [0.25, 0.3) is 10.9 Å². The molecule has 0 bridgehead atoms. The van der Waals surface area contributed by atoms with E-state index in [0.717, 1.165) is 27.8 Å². The number of benzene rings is 3. The predicted octanol–water partition coefficient (Wildman–Crippen LogP) is 5.00. The molecule has 0 spiro atoms. The van der Waals surface area contributed by atoms with Crippen LogP contribution in [-0.2, 0) is 11.3 Å². The lowest BCUT2D eigenvalue weighted by Crippen LogP contribution is -2.11. The van der Waals surface area contributed by atoms with Crippen LogP contribution >= 0.6 is 0 Å². The monoisotopic (exact) mass is 445 g/mol. The van der Waals surface area contributed by atoms with E-state index in [0.29, 0.717) is 29.6 Å². The molecule has 1 N–H and O–H groups in total. The van der Waals surface area contributed by atoms with Gasteiger partial charge in [0.25, 0.3) is 0 Å². The van der Waals surface area contributed by atoms with Gasteiger partial charge in [-0.1, -0.05) is 42.5 Å². The molecule has 33 heavy (non-hydrogen) atoms. The fourth-order valence-electron chi connectivity index (χ4n) is 3.79. The van der Waals surface area contributed by atoms with E-state index in [1.165, 1.54) is 0 Å². The van der Waals surface area contributed by atoms with Gasteiger partial charge in [0.05, 0.1) is 26.8 Å². The summed E-state index contributed by atoms with van der Waals surface area (Å²) in [6.45, 7) is 0.500. The van der Waals surface area contributed by atoms with Crippen molar-refractivity contribution in [1.82, 2.24) is 9.97 Å². The number of rotatable bonds is 9. The number of anilines is 1. The van der Waals surface area contributed by atoms with Crippen LogP contribution in [0.15, 0.2) is 66.7 Å². The third kappa shape index (κ3) is 4.68. The van der Waals surface area contributed by atoms with Crippen LogP contribution in [0.5, 0.6) is 17.2 Å². The number of nitrogens with zero attached hydrogens (tertiary/aromatic N) is 2. The molecule has 0 saturated carbocycles. The summed E-state index contributed by atoms with van der Waals surface area (Å²) in [5.41, 5.74) is 2.79. The summed E-state index contributed by atoms with van der Waals surface area (Å²) >= 11 is 0. The minimum atomic E-state index is -0.377. The average Bonchev–Trinajstić information content (AvgIpc) is 2.87. The van der Waals surface area contributed by atoms with Crippen LogP contribution in [-0.4, -0.2) is 38.4 Å². The third-order valence-electron chi connectivity index (χ3n) is 5.38. The van der Waals surface area contributed by atoms with Crippen LogP contribution in [0.1, 0.15) is 23.1 Å². The second kappa shape index (κ2) is 10.2. The first-order chi connectivity index (χ1) is 16.2. The molecule has 1 unspecified atom stereocenters. The molecule has 1 aromatic heterocycles. The van der Waals surface area contributed by atoms with E-state index in [1.54, 1.807) is 28.4 Å². The largest absolute Gasteiger partial charge is 0.493 e. The van der Waals surface area contributed by atoms with E-state index in [2.05, 4.69) is 5.32 Å². The zero-order valence-corrected chi connectivity index (χ0v) is 19.2. The topological polar surface area (TPSA) is 74.7 Å². The highest BCUT2D eigenvalue weighted by molar-refractivity contribution is 5.89. The molecule has 0 aliphatic heterocycles. The standard InChI is InChI=1S/C26H27N3O4/c1-30-21-14-17(15-22(31-2)24(21)33-4)16-27-25-19-12-8-9-13-20(19)28-26(29-25)23(32-3)18-10-6-5-7-11-18/h5-15,23H,16H2,1-4H3,(H,27,28,29). The van der Waals surface area contributed by atoms with Gasteiger partial charge in [-0.15, -0.1) is 0 Å². The average molecular weight is 446 g/mol. The Morgan fingerprint density at radius 3 is 2.09 bits per heavy atom. The molecule has 0 amide bonds. The van der Waals surface area contributed by atoms with Crippen LogP contribution in [0.3, 0.4) is 0 Å². The summed E-state index contributed by atoms with van der Waals surface area (Å²) in [7, 11) is 6.46. The molecule has 0 fully saturated rings. The summed E-state index contributed by atoms with van der Waals surface area (Å²) < 4.78 is 22.2. The van der Waals surface area contributed by atoms with Gasteiger partial charge in [-0.2, -0.15) is 0 Å². The van der Waals surface area contributed by atoms with E-state index in [-0.39, 0.29) is 6.10 Å². The van der Waals surface area contributed by atoms with Gasteiger partial charge in [0.2, 0.25) is 5.75 Å². The first-order valence-electron chi connectivity index (χ1n) is 10.6.